The van der Waals surface area contributed by atoms with Gasteiger partial charge in [-0.05, 0) is 112 Å². The van der Waals surface area contributed by atoms with Gasteiger partial charge in [0.2, 0.25) is 0 Å². The molecule has 10 atom stereocenters. The van der Waals surface area contributed by atoms with Crippen molar-refractivity contribution < 1.29 is 14.3 Å². The predicted octanol–water partition coefficient (Wildman–Crippen LogP) is 8.73. The Balaban J connectivity index is 1.13. The molecule has 0 amide bonds. The van der Waals surface area contributed by atoms with E-state index >= 15 is 0 Å². The van der Waals surface area contributed by atoms with Crippen molar-refractivity contribution in [3.8, 4) is 5.75 Å². The Morgan fingerprint density at radius 2 is 1.85 bits per heavy atom. The van der Waals surface area contributed by atoms with Crippen LogP contribution in [0.3, 0.4) is 0 Å². The number of oxime groups is 1. The molecule has 4 nitrogen and oxygen atoms in total. The normalized spacial score (nSPS) is 43.7. The van der Waals surface area contributed by atoms with Crippen LogP contribution in [0.5, 0.6) is 5.75 Å². The highest BCUT2D eigenvalue weighted by Gasteiger charge is 2.59. The van der Waals surface area contributed by atoms with Gasteiger partial charge in [-0.2, -0.15) is 0 Å². The van der Waals surface area contributed by atoms with Gasteiger partial charge in [-0.3, -0.25) is 0 Å². The molecule has 0 bridgehead atoms. The number of nitrogens with zero attached hydrogens (tertiary/aromatic N) is 1. The Hall–Kier alpha value is -1.91. The van der Waals surface area contributed by atoms with Gasteiger partial charge in [0.15, 0.2) is 12.0 Å². The second-order valence-corrected chi connectivity index (χ2v) is 13.8. The highest BCUT2D eigenvalue weighted by molar-refractivity contribution is 5.85. The monoisotopic (exact) mass is 531 g/mol. The van der Waals surface area contributed by atoms with Crippen LogP contribution in [0.4, 0.5) is 0 Å². The van der Waals surface area contributed by atoms with Crippen molar-refractivity contribution in [3.05, 3.63) is 54.1 Å². The van der Waals surface area contributed by atoms with E-state index in [0.717, 1.165) is 42.8 Å². The molecule has 5 aliphatic rings. The molecule has 0 spiro atoms. The first kappa shape index (κ1) is 27.3. The summed E-state index contributed by atoms with van der Waals surface area (Å²) in [6, 6.07) is 9.98. The number of allylic oxidation sites excluding steroid dienone is 1. The van der Waals surface area contributed by atoms with Gasteiger partial charge in [0.25, 0.3) is 0 Å². The second kappa shape index (κ2) is 10.8. The molecule has 4 aliphatic carbocycles. The molecule has 0 N–H and O–H groups in total. The molecule has 1 aromatic carbocycles. The van der Waals surface area contributed by atoms with Crippen LogP contribution in [0.25, 0.3) is 0 Å². The molecule has 3 saturated carbocycles. The number of benzene rings is 1. The Bertz CT molecular complexity index is 1110. The van der Waals surface area contributed by atoms with Crippen molar-refractivity contribution in [1.82, 2.24) is 0 Å². The third-order valence-electron chi connectivity index (χ3n) is 11.8. The lowest BCUT2D eigenvalue weighted by atomic mass is 9.47. The molecule has 39 heavy (non-hydrogen) atoms. The van der Waals surface area contributed by atoms with E-state index in [0.29, 0.717) is 22.7 Å². The van der Waals surface area contributed by atoms with E-state index in [9.17, 15) is 0 Å². The first-order valence-electron chi connectivity index (χ1n) is 15.8. The van der Waals surface area contributed by atoms with Crippen molar-refractivity contribution in [2.75, 3.05) is 0 Å². The summed E-state index contributed by atoms with van der Waals surface area (Å²) in [5, 5.41) is 4.64. The third-order valence-corrected chi connectivity index (χ3v) is 11.8. The third kappa shape index (κ3) is 4.95. The Kier molecular flexibility index (Phi) is 7.56. The van der Waals surface area contributed by atoms with Crippen LogP contribution in [-0.2, 0) is 9.47 Å². The van der Waals surface area contributed by atoms with Gasteiger partial charge in [-0.25, -0.2) is 0 Å². The number of hydrogen-bond donors (Lipinski definition) is 0. The molecule has 4 unspecified atom stereocenters. The fourth-order valence-corrected chi connectivity index (χ4v) is 9.57. The highest BCUT2D eigenvalue weighted by atomic mass is 16.7. The maximum Gasteiger partial charge on any atom is 0.177 e. The molecule has 1 aliphatic heterocycles. The zero-order valence-electron chi connectivity index (χ0n) is 24.8. The fourth-order valence-electron chi connectivity index (χ4n) is 9.57. The molecule has 1 aromatic rings. The summed E-state index contributed by atoms with van der Waals surface area (Å²) < 4.78 is 12.8. The average Bonchev–Trinajstić information content (AvgIpc) is 3.31. The molecule has 1 heterocycles. The maximum atomic E-state index is 6.55. The number of rotatable bonds is 6. The van der Waals surface area contributed by atoms with Gasteiger partial charge in [0, 0.05) is 11.8 Å². The quantitative estimate of drug-likeness (QED) is 0.209. The lowest BCUT2D eigenvalue weighted by Crippen LogP contribution is -2.51. The van der Waals surface area contributed by atoms with Crippen LogP contribution < -0.4 is 4.84 Å². The van der Waals surface area contributed by atoms with E-state index in [1.165, 1.54) is 44.2 Å². The van der Waals surface area contributed by atoms with Crippen molar-refractivity contribution >= 4 is 5.71 Å². The van der Waals surface area contributed by atoms with E-state index in [4.69, 9.17) is 14.3 Å². The van der Waals surface area contributed by atoms with Gasteiger partial charge in [0.05, 0.1) is 17.9 Å². The van der Waals surface area contributed by atoms with Crippen LogP contribution in [0.15, 0.2) is 59.3 Å². The Morgan fingerprint density at radius 1 is 1.03 bits per heavy atom. The molecule has 4 heteroatoms. The Morgan fingerprint density at radius 3 is 2.64 bits per heavy atom. The first-order valence-corrected chi connectivity index (χ1v) is 15.8. The van der Waals surface area contributed by atoms with Crippen LogP contribution in [0.2, 0.25) is 0 Å². The van der Waals surface area contributed by atoms with Crippen molar-refractivity contribution in [1.29, 1.82) is 0 Å². The number of hydrogen-bond acceptors (Lipinski definition) is 4. The lowest BCUT2D eigenvalue weighted by Gasteiger charge is -2.58. The van der Waals surface area contributed by atoms with Gasteiger partial charge in [-0.15, -0.1) is 0 Å². The number of ether oxygens (including phenoxy) is 2. The minimum Gasteiger partial charge on any atom is -0.357 e. The van der Waals surface area contributed by atoms with Crippen LogP contribution in [0.1, 0.15) is 92.4 Å². The summed E-state index contributed by atoms with van der Waals surface area (Å²) in [4.78, 5) is 5.83. The van der Waals surface area contributed by atoms with Gasteiger partial charge in [-0.1, -0.05) is 68.8 Å². The van der Waals surface area contributed by atoms with Crippen LogP contribution in [0, 0.1) is 40.4 Å². The van der Waals surface area contributed by atoms with Crippen LogP contribution >= 0.6 is 0 Å². The number of fused-ring (bicyclic) bond motifs is 5. The predicted molar refractivity (Wildman–Crippen MR) is 158 cm³/mol. The summed E-state index contributed by atoms with van der Waals surface area (Å²) in [5.41, 5.74) is 3.50. The molecule has 212 valence electrons. The summed E-state index contributed by atoms with van der Waals surface area (Å²) >= 11 is 0. The SMILES string of the molecule is CC[C@H]1OC(O[C@H]2CC[C@@]3(C)C(=CCC4C3CC[C@@]3(C)C4CC[C@@H]3/C(C)=N/Oc3ccccc3)C2)C=C[C@@H]1C. The average molecular weight is 532 g/mol. The van der Waals surface area contributed by atoms with E-state index in [1.54, 1.807) is 5.57 Å². The maximum absolute atomic E-state index is 6.55. The second-order valence-electron chi connectivity index (χ2n) is 13.8. The van der Waals surface area contributed by atoms with Crippen molar-refractivity contribution in [2.24, 2.45) is 45.6 Å². The van der Waals surface area contributed by atoms with E-state index in [1.807, 2.05) is 30.3 Å². The lowest BCUT2D eigenvalue weighted by molar-refractivity contribution is -0.188. The molecule has 6 rings (SSSR count). The van der Waals surface area contributed by atoms with E-state index in [-0.39, 0.29) is 18.5 Å². The molecular formula is C35H49NO3. The minimum absolute atomic E-state index is 0.181. The van der Waals surface area contributed by atoms with Gasteiger partial charge >= 0.3 is 0 Å². The summed E-state index contributed by atoms with van der Waals surface area (Å²) in [7, 11) is 0. The molecule has 0 aromatic heterocycles. The largest absolute Gasteiger partial charge is 0.357 e. The minimum atomic E-state index is -0.181. The molecular weight excluding hydrogens is 482 g/mol. The zero-order chi connectivity index (χ0) is 27.2. The van der Waals surface area contributed by atoms with Gasteiger partial charge in [0.1, 0.15) is 0 Å². The number of para-hydroxylation sites is 1. The van der Waals surface area contributed by atoms with Crippen molar-refractivity contribution in [2.45, 2.75) is 111 Å². The van der Waals surface area contributed by atoms with Crippen LogP contribution in [-0.4, -0.2) is 24.2 Å². The molecule has 3 fully saturated rings. The molecule has 0 radical (unpaired) electrons. The molecule has 0 saturated heterocycles. The standard InChI is InChI=1S/C35H49NO3/c1-6-32-23(2)12-17-33(38-32)37-27-18-20-34(4)25(22-27)13-14-28-30-16-15-29(35(30,5)21-19-31(28)34)24(3)36-39-26-10-8-7-9-11-26/h7-13,17,23,27-33H,6,14-16,18-22H2,1-5H3/b36-24+/t23-,27-,28?,29+,30?,31?,32+,33?,34-,35+/m0/s1. The smallest absolute Gasteiger partial charge is 0.177 e. The van der Waals surface area contributed by atoms with E-state index in [2.05, 4.69) is 58.0 Å². The van der Waals surface area contributed by atoms with Crippen molar-refractivity contribution in [3.63, 3.8) is 0 Å². The first-order chi connectivity index (χ1) is 18.8. The highest BCUT2D eigenvalue weighted by Crippen LogP contribution is 2.66. The Labute approximate surface area is 236 Å². The summed E-state index contributed by atoms with van der Waals surface area (Å²) in [5.74, 6) is 4.18. The zero-order valence-corrected chi connectivity index (χ0v) is 24.8. The summed E-state index contributed by atoms with van der Waals surface area (Å²) in [6.07, 6.45) is 18.4. The fraction of sp³-hybridized carbons (Fsp3) is 0.686. The van der Waals surface area contributed by atoms with Gasteiger partial charge < -0.3 is 14.3 Å². The topological polar surface area (TPSA) is 40.0 Å². The summed E-state index contributed by atoms with van der Waals surface area (Å²) in [6.45, 7) is 11.8. The van der Waals surface area contributed by atoms with E-state index < -0.39 is 0 Å².